The summed E-state index contributed by atoms with van der Waals surface area (Å²) in [6.45, 7) is 0. The van der Waals surface area contributed by atoms with Crippen molar-refractivity contribution in [1.29, 1.82) is 0 Å². The first-order valence-corrected chi connectivity index (χ1v) is 5.79. The molecule has 1 amide bonds. The fraction of sp³-hybridized carbons (Fsp3) is 0.385. The van der Waals surface area contributed by atoms with Gasteiger partial charge in [-0.2, -0.15) is 0 Å². The number of hydrogen-bond donors (Lipinski definition) is 0. The maximum Gasteiger partial charge on any atom is 0.233 e. The van der Waals surface area contributed by atoms with Gasteiger partial charge in [-0.25, -0.2) is 4.98 Å². The first-order chi connectivity index (χ1) is 7.86. The Bertz CT molecular complexity index is 453. The molecule has 2 heterocycles. The summed E-state index contributed by atoms with van der Waals surface area (Å²) in [6, 6.07) is 4.11. The van der Waals surface area contributed by atoms with Crippen LogP contribution in [-0.2, 0) is 11.2 Å². The van der Waals surface area contributed by atoms with E-state index in [2.05, 4.69) is 17.1 Å². The number of allylic oxidation sites excluding steroid dienone is 1. The number of nitrogens with zero attached hydrogens (tertiary/aromatic N) is 2. The average Bonchev–Trinajstić information content (AvgIpc) is 2.66. The van der Waals surface area contributed by atoms with E-state index in [9.17, 15) is 4.79 Å². The van der Waals surface area contributed by atoms with E-state index < -0.39 is 0 Å². The zero-order valence-electron chi connectivity index (χ0n) is 9.10. The molecule has 3 nitrogen and oxygen atoms in total. The summed E-state index contributed by atoms with van der Waals surface area (Å²) in [6.07, 6.45) is 9.93. The Morgan fingerprint density at radius 2 is 2.38 bits per heavy atom. The van der Waals surface area contributed by atoms with Gasteiger partial charge >= 0.3 is 0 Å². The van der Waals surface area contributed by atoms with Gasteiger partial charge in [0.25, 0.3) is 0 Å². The minimum absolute atomic E-state index is 0.185. The summed E-state index contributed by atoms with van der Waals surface area (Å²) in [5.74, 6) is 1.05. The number of amides is 1. The maximum atomic E-state index is 12.0. The van der Waals surface area contributed by atoms with Crippen LogP contribution in [0.25, 0.3) is 0 Å². The second-order valence-corrected chi connectivity index (χ2v) is 4.35. The lowest BCUT2D eigenvalue weighted by Crippen LogP contribution is -2.37. The molecule has 3 heteroatoms. The highest BCUT2D eigenvalue weighted by Gasteiger charge is 2.33. The summed E-state index contributed by atoms with van der Waals surface area (Å²) >= 11 is 0. The molecule has 0 saturated heterocycles. The lowest BCUT2D eigenvalue weighted by atomic mass is 10.0. The number of anilines is 1. The van der Waals surface area contributed by atoms with Crippen LogP contribution in [0, 0.1) is 0 Å². The van der Waals surface area contributed by atoms with Crippen molar-refractivity contribution in [3.05, 3.63) is 36.0 Å². The Hall–Kier alpha value is -1.64. The molecule has 0 N–H and O–H groups in total. The van der Waals surface area contributed by atoms with E-state index in [4.69, 9.17) is 0 Å². The average molecular weight is 214 g/mol. The topological polar surface area (TPSA) is 33.2 Å². The van der Waals surface area contributed by atoms with E-state index in [0.29, 0.717) is 6.42 Å². The van der Waals surface area contributed by atoms with E-state index in [-0.39, 0.29) is 11.9 Å². The van der Waals surface area contributed by atoms with Crippen LogP contribution in [0.4, 0.5) is 5.82 Å². The standard InChI is InChI=1S/C13H14N2O/c16-12-9-10-5-4-8-14-13(10)15(12)11-6-2-1-3-7-11/h2,4-6,8,11H,1,3,7,9H2/t11-/m0/s1. The van der Waals surface area contributed by atoms with Crippen molar-refractivity contribution in [3.63, 3.8) is 0 Å². The number of fused-ring (bicyclic) bond motifs is 1. The van der Waals surface area contributed by atoms with Crippen LogP contribution in [0.15, 0.2) is 30.5 Å². The molecule has 1 aromatic rings. The molecular weight excluding hydrogens is 200 g/mol. The zero-order valence-corrected chi connectivity index (χ0v) is 9.10. The molecule has 0 unspecified atom stereocenters. The summed E-state index contributed by atoms with van der Waals surface area (Å²) in [5.41, 5.74) is 1.06. The van der Waals surface area contributed by atoms with Gasteiger partial charge in [-0.3, -0.25) is 9.69 Å². The summed E-state index contributed by atoms with van der Waals surface area (Å²) < 4.78 is 0. The van der Waals surface area contributed by atoms with Gasteiger partial charge in [-0.15, -0.1) is 0 Å². The number of rotatable bonds is 1. The molecule has 1 aliphatic heterocycles. The van der Waals surface area contributed by atoms with Crippen molar-refractivity contribution in [2.24, 2.45) is 0 Å². The van der Waals surface area contributed by atoms with Gasteiger partial charge < -0.3 is 0 Å². The van der Waals surface area contributed by atoms with Crippen LogP contribution < -0.4 is 4.90 Å². The van der Waals surface area contributed by atoms with Gasteiger partial charge in [0, 0.05) is 11.8 Å². The van der Waals surface area contributed by atoms with Crippen LogP contribution in [0.1, 0.15) is 24.8 Å². The fourth-order valence-corrected chi connectivity index (χ4v) is 2.50. The van der Waals surface area contributed by atoms with Crippen LogP contribution in [0.5, 0.6) is 0 Å². The van der Waals surface area contributed by atoms with Crippen LogP contribution >= 0.6 is 0 Å². The van der Waals surface area contributed by atoms with E-state index in [1.807, 2.05) is 17.0 Å². The van der Waals surface area contributed by atoms with Crippen LogP contribution in [0.3, 0.4) is 0 Å². The van der Waals surface area contributed by atoms with E-state index in [0.717, 1.165) is 30.6 Å². The SMILES string of the molecule is O=C1Cc2cccnc2N1[C@H]1C=CCCC1. The van der Waals surface area contributed by atoms with E-state index >= 15 is 0 Å². The lowest BCUT2D eigenvalue weighted by Gasteiger charge is -2.27. The molecule has 1 atom stereocenters. The van der Waals surface area contributed by atoms with E-state index in [1.54, 1.807) is 6.20 Å². The summed E-state index contributed by atoms with van der Waals surface area (Å²) in [4.78, 5) is 18.2. The Morgan fingerprint density at radius 3 is 3.19 bits per heavy atom. The molecule has 3 rings (SSSR count). The number of carbonyl (C=O) groups excluding carboxylic acids is 1. The van der Waals surface area contributed by atoms with Crippen molar-refractivity contribution in [2.45, 2.75) is 31.7 Å². The fourth-order valence-electron chi connectivity index (χ4n) is 2.50. The van der Waals surface area contributed by atoms with Crippen LogP contribution in [0.2, 0.25) is 0 Å². The molecule has 0 bridgehead atoms. The number of pyridine rings is 1. The Labute approximate surface area is 94.8 Å². The summed E-state index contributed by atoms with van der Waals surface area (Å²) in [5, 5.41) is 0. The van der Waals surface area contributed by atoms with E-state index in [1.165, 1.54) is 0 Å². The number of hydrogen-bond acceptors (Lipinski definition) is 2. The minimum atomic E-state index is 0.185. The minimum Gasteiger partial charge on any atom is -0.289 e. The molecule has 1 aliphatic carbocycles. The van der Waals surface area contributed by atoms with Crippen molar-refractivity contribution in [3.8, 4) is 0 Å². The first-order valence-electron chi connectivity index (χ1n) is 5.79. The highest BCUT2D eigenvalue weighted by molar-refractivity contribution is 6.00. The van der Waals surface area contributed by atoms with Crippen molar-refractivity contribution >= 4 is 11.7 Å². The third-order valence-electron chi connectivity index (χ3n) is 3.27. The molecule has 0 saturated carbocycles. The molecule has 0 aromatic carbocycles. The normalized spacial score (nSPS) is 23.6. The van der Waals surface area contributed by atoms with Gasteiger partial charge in [0.05, 0.1) is 12.5 Å². The lowest BCUT2D eigenvalue weighted by molar-refractivity contribution is -0.117. The van der Waals surface area contributed by atoms with Crippen LogP contribution in [-0.4, -0.2) is 16.9 Å². The van der Waals surface area contributed by atoms with Gasteiger partial charge in [0.15, 0.2) is 0 Å². The predicted octanol–water partition coefficient (Wildman–Crippen LogP) is 2.08. The number of carbonyl (C=O) groups is 1. The van der Waals surface area contributed by atoms with Gasteiger partial charge in [0.1, 0.15) is 5.82 Å². The predicted molar refractivity (Wildman–Crippen MR) is 62.2 cm³/mol. The molecular formula is C13H14N2O. The molecule has 1 aromatic heterocycles. The summed E-state index contributed by atoms with van der Waals surface area (Å²) in [7, 11) is 0. The second-order valence-electron chi connectivity index (χ2n) is 4.35. The first kappa shape index (κ1) is 9.58. The quantitative estimate of drug-likeness (QED) is 0.670. The Morgan fingerprint density at radius 1 is 1.44 bits per heavy atom. The van der Waals surface area contributed by atoms with Crippen molar-refractivity contribution in [1.82, 2.24) is 4.98 Å². The van der Waals surface area contributed by atoms with Crippen molar-refractivity contribution < 1.29 is 4.79 Å². The molecule has 82 valence electrons. The maximum absolute atomic E-state index is 12.0. The molecule has 0 fully saturated rings. The molecule has 16 heavy (non-hydrogen) atoms. The van der Waals surface area contributed by atoms with Gasteiger partial charge in [-0.05, 0) is 25.3 Å². The highest BCUT2D eigenvalue weighted by Crippen LogP contribution is 2.30. The van der Waals surface area contributed by atoms with Gasteiger partial charge in [-0.1, -0.05) is 18.2 Å². The van der Waals surface area contributed by atoms with Crippen molar-refractivity contribution in [2.75, 3.05) is 4.90 Å². The zero-order chi connectivity index (χ0) is 11.0. The molecule has 0 spiro atoms. The Balaban J connectivity index is 1.98. The largest absolute Gasteiger partial charge is 0.289 e. The highest BCUT2D eigenvalue weighted by atomic mass is 16.2. The third kappa shape index (κ3) is 1.43. The second kappa shape index (κ2) is 3.74. The third-order valence-corrected chi connectivity index (χ3v) is 3.27. The Kier molecular flexibility index (Phi) is 2.24. The smallest absolute Gasteiger partial charge is 0.233 e. The number of aromatic nitrogens is 1. The molecule has 0 radical (unpaired) electrons. The molecule has 2 aliphatic rings. The monoisotopic (exact) mass is 214 g/mol. The van der Waals surface area contributed by atoms with Gasteiger partial charge in [0.2, 0.25) is 5.91 Å².